The Kier molecular flexibility index (Phi) is 4.84. The van der Waals surface area contributed by atoms with E-state index in [1.54, 1.807) is 0 Å². The van der Waals surface area contributed by atoms with Gasteiger partial charge >= 0.3 is 0 Å². The van der Waals surface area contributed by atoms with E-state index in [1.807, 2.05) is 23.5 Å². The van der Waals surface area contributed by atoms with Gasteiger partial charge < -0.3 is 0 Å². The number of carbonyl (C=O) groups excluding carboxylic acids is 1. The number of Topliss-reactive ketones (excluding diaryl/α,β-unsaturated/α-hetero) is 1. The van der Waals surface area contributed by atoms with Gasteiger partial charge in [-0.05, 0) is 11.8 Å². The van der Waals surface area contributed by atoms with Gasteiger partial charge in [0, 0.05) is 23.7 Å². The predicted octanol–water partition coefficient (Wildman–Crippen LogP) is 3.23. The van der Waals surface area contributed by atoms with E-state index in [9.17, 15) is 4.79 Å². The Balaban J connectivity index is 2.27. The van der Waals surface area contributed by atoms with Gasteiger partial charge in [-0.15, -0.1) is 11.8 Å². The van der Waals surface area contributed by atoms with Gasteiger partial charge in [-0.2, -0.15) is 11.8 Å². The molecule has 0 aromatic rings. The van der Waals surface area contributed by atoms with Crippen LogP contribution in [0.4, 0.5) is 0 Å². The van der Waals surface area contributed by atoms with Crippen molar-refractivity contribution in [3.63, 3.8) is 0 Å². The Morgan fingerprint density at radius 1 is 1.36 bits per heavy atom. The molecule has 1 nitrogen and oxygen atoms in total. The van der Waals surface area contributed by atoms with E-state index in [0.717, 1.165) is 24.3 Å². The molecule has 1 aliphatic heterocycles. The van der Waals surface area contributed by atoms with Crippen LogP contribution in [0.2, 0.25) is 0 Å². The van der Waals surface area contributed by atoms with E-state index in [0.29, 0.717) is 11.2 Å². The monoisotopic (exact) mass is 232 g/mol. The van der Waals surface area contributed by atoms with Crippen molar-refractivity contribution >= 4 is 29.3 Å². The Morgan fingerprint density at radius 2 is 2.07 bits per heavy atom. The van der Waals surface area contributed by atoms with Crippen molar-refractivity contribution in [1.82, 2.24) is 0 Å². The highest BCUT2D eigenvalue weighted by molar-refractivity contribution is 8.07. The van der Waals surface area contributed by atoms with Gasteiger partial charge in [-0.25, -0.2) is 0 Å². The number of rotatable bonds is 3. The fourth-order valence-electron chi connectivity index (χ4n) is 1.33. The second kappa shape index (κ2) is 5.45. The third-order valence-electron chi connectivity index (χ3n) is 2.30. The molecule has 1 fully saturated rings. The van der Waals surface area contributed by atoms with Gasteiger partial charge in [0.25, 0.3) is 0 Å². The molecule has 0 radical (unpaired) electrons. The molecule has 1 unspecified atom stereocenters. The van der Waals surface area contributed by atoms with E-state index in [4.69, 9.17) is 0 Å². The van der Waals surface area contributed by atoms with Crippen LogP contribution in [0.5, 0.6) is 0 Å². The highest BCUT2D eigenvalue weighted by Crippen LogP contribution is 2.28. The summed E-state index contributed by atoms with van der Waals surface area (Å²) < 4.78 is 0. The van der Waals surface area contributed by atoms with Gasteiger partial charge in [0.15, 0.2) is 0 Å². The van der Waals surface area contributed by atoms with Gasteiger partial charge in [0.05, 0.1) is 5.25 Å². The van der Waals surface area contributed by atoms with E-state index in [1.165, 1.54) is 5.75 Å². The molecule has 0 saturated carbocycles. The molecule has 1 atom stereocenters. The minimum atomic E-state index is 0.288. The number of hydrogen-bond acceptors (Lipinski definition) is 3. The lowest BCUT2D eigenvalue weighted by molar-refractivity contribution is -0.118. The zero-order chi connectivity index (χ0) is 10.6. The van der Waals surface area contributed by atoms with Crippen LogP contribution < -0.4 is 0 Å². The largest absolute Gasteiger partial charge is 0.298 e. The SMILES string of the molecule is CC(C)(C)CCC(=O)C1CSCCS1. The summed E-state index contributed by atoms with van der Waals surface area (Å²) in [5.41, 5.74) is 0.294. The lowest BCUT2D eigenvalue weighted by Gasteiger charge is -2.22. The van der Waals surface area contributed by atoms with Crippen molar-refractivity contribution in [3.05, 3.63) is 0 Å². The summed E-state index contributed by atoms with van der Waals surface area (Å²) in [7, 11) is 0. The van der Waals surface area contributed by atoms with Gasteiger partial charge in [-0.3, -0.25) is 4.79 Å². The van der Waals surface area contributed by atoms with Crippen LogP contribution in [0, 0.1) is 5.41 Å². The van der Waals surface area contributed by atoms with Gasteiger partial charge in [-0.1, -0.05) is 20.8 Å². The van der Waals surface area contributed by atoms with Crippen molar-refractivity contribution in [2.75, 3.05) is 17.3 Å². The summed E-state index contributed by atoms with van der Waals surface area (Å²) in [6.45, 7) is 6.59. The molecular formula is C11H20OS2. The zero-order valence-electron chi connectivity index (χ0n) is 9.34. The van der Waals surface area contributed by atoms with Crippen molar-refractivity contribution in [2.24, 2.45) is 5.41 Å². The van der Waals surface area contributed by atoms with Crippen molar-refractivity contribution in [3.8, 4) is 0 Å². The first-order valence-corrected chi connectivity index (χ1v) is 7.41. The molecule has 1 aliphatic rings. The highest BCUT2D eigenvalue weighted by Gasteiger charge is 2.23. The molecule has 0 aromatic heterocycles. The molecule has 1 rings (SSSR count). The van der Waals surface area contributed by atoms with Crippen molar-refractivity contribution in [1.29, 1.82) is 0 Å². The smallest absolute Gasteiger partial charge is 0.146 e. The van der Waals surface area contributed by atoms with E-state index in [-0.39, 0.29) is 5.25 Å². The molecule has 1 heterocycles. The van der Waals surface area contributed by atoms with Crippen LogP contribution in [0.1, 0.15) is 33.6 Å². The normalized spacial score (nSPS) is 23.5. The van der Waals surface area contributed by atoms with Crippen LogP contribution in [0.3, 0.4) is 0 Å². The molecule has 82 valence electrons. The summed E-state index contributed by atoms with van der Waals surface area (Å²) >= 11 is 3.77. The number of hydrogen-bond donors (Lipinski definition) is 0. The lowest BCUT2D eigenvalue weighted by Crippen LogP contribution is -2.25. The molecule has 1 saturated heterocycles. The van der Waals surface area contributed by atoms with Crippen LogP contribution >= 0.6 is 23.5 Å². The minimum absolute atomic E-state index is 0.288. The van der Waals surface area contributed by atoms with Crippen LogP contribution in [-0.4, -0.2) is 28.3 Å². The van der Waals surface area contributed by atoms with Gasteiger partial charge in [0.1, 0.15) is 5.78 Å². The molecular weight excluding hydrogens is 212 g/mol. The molecule has 0 aliphatic carbocycles. The molecule has 0 amide bonds. The average Bonchev–Trinajstić information content (AvgIpc) is 2.14. The van der Waals surface area contributed by atoms with E-state index >= 15 is 0 Å². The second-order valence-electron chi connectivity index (χ2n) is 4.96. The Morgan fingerprint density at radius 3 is 2.57 bits per heavy atom. The fraction of sp³-hybridized carbons (Fsp3) is 0.909. The number of ketones is 1. The van der Waals surface area contributed by atoms with Crippen molar-refractivity contribution < 1.29 is 4.79 Å². The first-order chi connectivity index (χ1) is 6.49. The number of carbonyl (C=O) groups is 1. The lowest BCUT2D eigenvalue weighted by atomic mass is 9.89. The first kappa shape index (κ1) is 12.4. The maximum atomic E-state index is 11.8. The summed E-state index contributed by atoms with van der Waals surface area (Å²) in [4.78, 5) is 11.8. The summed E-state index contributed by atoms with van der Waals surface area (Å²) in [5, 5.41) is 0.288. The second-order valence-corrected chi connectivity index (χ2v) is 7.42. The highest BCUT2D eigenvalue weighted by atomic mass is 32.2. The molecule has 0 spiro atoms. The zero-order valence-corrected chi connectivity index (χ0v) is 11.0. The first-order valence-electron chi connectivity index (χ1n) is 5.21. The summed E-state index contributed by atoms with van der Waals surface area (Å²) in [5.74, 6) is 3.87. The van der Waals surface area contributed by atoms with Gasteiger partial charge in [0.2, 0.25) is 0 Å². The van der Waals surface area contributed by atoms with E-state index in [2.05, 4.69) is 20.8 Å². The Hall–Kier alpha value is 0.370. The molecule has 0 N–H and O–H groups in total. The van der Waals surface area contributed by atoms with Crippen LogP contribution in [-0.2, 0) is 4.79 Å². The fourth-order valence-corrected chi connectivity index (χ4v) is 4.02. The molecule has 0 aromatic carbocycles. The summed E-state index contributed by atoms with van der Waals surface area (Å²) in [6, 6.07) is 0. The van der Waals surface area contributed by atoms with E-state index < -0.39 is 0 Å². The third kappa shape index (κ3) is 4.74. The minimum Gasteiger partial charge on any atom is -0.298 e. The Bertz CT molecular complexity index is 190. The molecule has 3 heteroatoms. The maximum absolute atomic E-state index is 11.8. The number of thioether (sulfide) groups is 2. The third-order valence-corrected chi connectivity index (χ3v) is 5.10. The summed E-state index contributed by atoms with van der Waals surface area (Å²) in [6.07, 6.45) is 1.79. The molecule has 0 bridgehead atoms. The topological polar surface area (TPSA) is 17.1 Å². The predicted molar refractivity (Wildman–Crippen MR) is 67.3 cm³/mol. The Labute approximate surface area is 95.8 Å². The quantitative estimate of drug-likeness (QED) is 0.743. The van der Waals surface area contributed by atoms with Crippen molar-refractivity contribution in [2.45, 2.75) is 38.9 Å². The standard InChI is InChI=1S/C11H20OS2/c1-11(2,3)5-4-9(12)10-8-13-6-7-14-10/h10H,4-8H2,1-3H3. The van der Waals surface area contributed by atoms with Crippen LogP contribution in [0.15, 0.2) is 0 Å². The average molecular weight is 232 g/mol. The maximum Gasteiger partial charge on any atom is 0.146 e. The molecule has 14 heavy (non-hydrogen) atoms. The van der Waals surface area contributed by atoms with Crippen LogP contribution in [0.25, 0.3) is 0 Å².